The van der Waals surface area contributed by atoms with E-state index in [1.807, 2.05) is 44.3 Å². The zero-order valence-electron chi connectivity index (χ0n) is 18.9. The number of hydrogen-bond donors (Lipinski definition) is 3. The molecule has 2 aromatic carbocycles. The van der Waals surface area contributed by atoms with Crippen LogP contribution in [-0.2, 0) is 27.6 Å². The molecule has 1 spiro atoms. The topological polar surface area (TPSA) is 99.1 Å². The van der Waals surface area contributed by atoms with Gasteiger partial charge in [-0.05, 0) is 69.0 Å². The zero-order valence-corrected chi connectivity index (χ0v) is 19.7. The van der Waals surface area contributed by atoms with E-state index in [-0.39, 0.29) is 17.5 Å². The van der Waals surface area contributed by atoms with E-state index < -0.39 is 33.2 Å². The summed E-state index contributed by atoms with van der Waals surface area (Å²) in [4.78, 5) is 2.22. The molecule has 0 radical (unpaired) electrons. The van der Waals surface area contributed by atoms with Crippen LogP contribution >= 0.6 is 0 Å². The molecule has 176 valence electrons. The number of ether oxygens (including phenoxy) is 1. The van der Waals surface area contributed by atoms with Gasteiger partial charge in [-0.3, -0.25) is 0 Å². The Balaban J connectivity index is 1.41. The second-order valence-corrected chi connectivity index (χ2v) is 12.0. The van der Waals surface area contributed by atoms with Crippen molar-refractivity contribution >= 4 is 10.0 Å². The first kappa shape index (κ1) is 21.4. The van der Waals surface area contributed by atoms with Crippen molar-refractivity contribution in [2.45, 2.75) is 67.6 Å². The quantitative estimate of drug-likeness (QED) is 0.632. The van der Waals surface area contributed by atoms with Crippen LogP contribution in [0.2, 0.25) is 0 Å². The molecule has 0 unspecified atom stereocenters. The molecule has 0 amide bonds. The summed E-state index contributed by atoms with van der Waals surface area (Å²) in [5, 5.41) is 22.8. The van der Waals surface area contributed by atoms with E-state index in [2.05, 4.69) is 9.62 Å². The molecule has 8 heteroatoms. The first-order chi connectivity index (χ1) is 15.7. The number of benzene rings is 2. The van der Waals surface area contributed by atoms with Crippen molar-refractivity contribution in [3.63, 3.8) is 0 Å². The highest BCUT2D eigenvalue weighted by Gasteiger charge is 2.72. The number of likely N-dealkylation sites (tertiary alicyclic amines) is 1. The summed E-state index contributed by atoms with van der Waals surface area (Å²) >= 11 is 0. The van der Waals surface area contributed by atoms with Crippen LogP contribution in [0.25, 0.3) is 0 Å². The molecule has 2 aliphatic heterocycles. The van der Waals surface area contributed by atoms with Gasteiger partial charge in [-0.15, -0.1) is 0 Å². The smallest absolute Gasteiger partial charge is 0.216 e. The first-order valence-electron chi connectivity index (χ1n) is 11.7. The summed E-state index contributed by atoms with van der Waals surface area (Å²) in [7, 11) is -1.60. The number of phenolic OH excluding ortho intramolecular Hbond substituents is 1. The van der Waals surface area contributed by atoms with Gasteiger partial charge in [-0.25, -0.2) is 13.1 Å². The Morgan fingerprint density at radius 2 is 2.00 bits per heavy atom. The molecule has 1 saturated heterocycles. The molecule has 6 rings (SSSR count). The van der Waals surface area contributed by atoms with Gasteiger partial charge >= 0.3 is 0 Å². The largest absolute Gasteiger partial charge is 0.504 e. The number of aryl methyl sites for hydroxylation is 1. The van der Waals surface area contributed by atoms with Gasteiger partial charge in [0.25, 0.3) is 0 Å². The van der Waals surface area contributed by atoms with Crippen LogP contribution < -0.4 is 9.46 Å². The molecule has 33 heavy (non-hydrogen) atoms. The van der Waals surface area contributed by atoms with E-state index >= 15 is 0 Å². The van der Waals surface area contributed by atoms with E-state index in [1.165, 1.54) is 0 Å². The maximum atomic E-state index is 13.2. The SMILES string of the molecule is Cc1ccccc1CS(=O)(=O)N[C@@H]1CC[C@@]2(O)[C@H]3Cc4ccc(O)c5c4[C@@]2(CCN3C)[C@H]1O5. The summed E-state index contributed by atoms with van der Waals surface area (Å²) in [5.74, 6) is 0.373. The maximum Gasteiger partial charge on any atom is 0.216 e. The van der Waals surface area contributed by atoms with Gasteiger partial charge < -0.3 is 19.8 Å². The Morgan fingerprint density at radius 3 is 2.79 bits per heavy atom. The molecular weight excluding hydrogens is 440 g/mol. The van der Waals surface area contributed by atoms with Crippen LogP contribution in [0, 0.1) is 6.92 Å². The molecule has 7 nitrogen and oxygen atoms in total. The van der Waals surface area contributed by atoms with Gasteiger partial charge in [-0.2, -0.15) is 0 Å². The Bertz CT molecular complexity index is 1250. The molecular formula is C25H30N2O5S. The van der Waals surface area contributed by atoms with Crippen molar-refractivity contribution in [3.8, 4) is 11.5 Å². The summed E-state index contributed by atoms with van der Waals surface area (Å²) < 4.78 is 35.8. The maximum absolute atomic E-state index is 13.2. The second kappa shape index (κ2) is 6.95. The van der Waals surface area contributed by atoms with Crippen LogP contribution in [0.3, 0.4) is 0 Å². The predicted octanol–water partition coefficient (Wildman–Crippen LogP) is 1.97. The number of aliphatic hydroxyl groups is 1. The van der Waals surface area contributed by atoms with Gasteiger partial charge in [-0.1, -0.05) is 30.3 Å². The van der Waals surface area contributed by atoms with Gasteiger partial charge in [0.1, 0.15) is 6.10 Å². The summed E-state index contributed by atoms with van der Waals surface area (Å²) in [6, 6.07) is 10.5. The summed E-state index contributed by atoms with van der Waals surface area (Å²) in [6.45, 7) is 2.69. The third-order valence-corrected chi connectivity index (χ3v) is 10.0. The number of phenols is 1. The van der Waals surface area contributed by atoms with Crippen LogP contribution in [0.15, 0.2) is 36.4 Å². The lowest BCUT2D eigenvalue weighted by Gasteiger charge is -2.63. The molecule has 2 heterocycles. The highest BCUT2D eigenvalue weighted by molar-refractivity contribution is 7.88. The van der Waals surface area contributed by atoms with Crippen molar-refractivity contribution in [1.82, 2.24) is 9.62 Å². The van der Waals surface area contributed by atoms with E-state index in [9.17, 15) is 18.6 Å². The van der Waals surface area contributed by atoms with E-state index in [0.717, 1.165) is 28.8 Å². The average Bonchev–Trinajstić information content (AvgIpc) is 3.12. The van der Waals surface area contributed by atoms with Crippen molar-refractivity contribution in [2.24, 2.45) is 0 Å². The van der Waals surface area contributed by atoms with Gasteiger partial charge in [0.05, 0.1) is 22.8 Å². The van der Waals surface area contributed by atoms with Gasteiger partial charge in [0.2, 0.25) is 10.0 Å². The fourth-order valence-electron chi connectivity index (χ4n) is 7.12. The fourth-order valence-corrected chi connectivity index (χ4v) is 8.64. The monoisotopic (exact) mass is 470 g/mol. The number of aromatic hydroxyl groups is 1. The number of hydrogen-bond acceptors (Lipinski definition) is 6. The second-order valence-electron chi connectivity index (χ2n) is 10.3. The van der Waals surface area contributed by atoms with Crippen molar-refractivity contribution in [1.29, 1.82) is 0 Å². The fraction of sp³-hybridized carbons (Fsp3) is 0.520. The lowest BCUT2D eigenvalue weighted by Crippen LogP contribution is -2.77. The van der Waals surface area contributed by atoms with Crippen molar-refractivity contribution in [2.75, 3.05) is 13.6 Å². The third kappa shape index (κ3) is 2.81. The Hall–Kier alpha value is -2.13. The van der Waals surface area contributed by atoms with E-state index in [4.69, 9.17) is 4.74 Å². The highest BCUT2D eigenvalue weighted by Crippen LogP contribution is 2.65. The molecule has 2 aliphatic carbocycles. The molecule has 2 bridgehead atoms. The number of piperidine rings is 1. The lowest BCUT2D eigenvalue weighted by atomic mass is 9.48. The predicted molar refractivity (Wildman–Crippen MR) is 124 cm³/mol. The Kier molecular flexibility index (Phi) is 4.51. The van der Waals surface area contributed by atoms with Crippen LogP contribution in [0.4, 0.5) is 0 Å². The standard InChI is InChI=1S/C25H30N2O5S/c1-15-5-3-4-6-17(15)14-33(30,31)26-18-9-10-25(29)20-13-16-7-8-19(28)22-21(16)24(25,23(18)32-22)11-12-27(20)2/h3-8,18,20,23,26,28-29H,9-14H2,1-2H3/t18-,20-,23+,24+,25-/m1/s1. The van der Waals surface area contributed by atoms with E-state index in [0.29, 0.717) is 31.4 Å². The molecule has 5 atom stereocenters. The number of sulfonamides is 1. The first-order valence-corrected chi connectivity index (χ1v) is 13.3. The minimum atomic E-state index is -3.65. The van der Waals surface area contributed by atoms with Gasteiger partial charge in [0, 0.05) is 11.6 Å². The summed E-state index contributed by atoms with van der Waals surface area (Å²) in [6.07, 6.45) is 1.73. The average molecular weight is 471 g/mol. The molecule has 3 N–H and O–H groups in total. The van der Waals surface area contributed by atoms with Crippen molar-refractivity contribution in [3.05, 3.63) is 58.7 Å². The number of nitrogens with one attached hydrogen (secondary N) is 1. The molecule has 2 aromatic rings. The van der Waals surface area contributed by atoms with E-state index in [1.54, 1.807) is 6.07 Å². The number of rotatable bonds is 4. The number of nitrogens with zero attached hydrogens (tertiary/aromatic N) is 1. The minimum Gasteiger partial charge on any atom is -0.504 e. The normalized spacial score (nSPS) is 34.6. The minimum absolute atomic E-state index is 0.0544. The Morgan fingerprint density at radius 1 is 1.21 bits per heavy atom. The van der Waals surface area contributed by atoms with Gasteiger partial charge in [0.15, 0.2) is 11.5 Å². The van der Waals surface area contributed by atoms with Crippen molar-refractivity contribution < 1.29 is 23.4 Å². The van der Waals surface area contributed by atoms with Crippen LogP contribution in [-0.4, -0.2) is 60.9 Å². The Labute approximate surface area is 194 Å². The van der Waals surface area contributed by atoms with Crippen LogP contribution in [0.5, 0.6) is 11.5 Å². The zero-order chi connectivity index (χ0) is 23.2. The summed E-state index contributed by atoms with van der Waals surface area (Å²) in [5.41, 5.74) is 1.90. The lowest BCUT2D eigenvalue weighted by molar-refractivity contribution is -0.185. The highest BCUT2D eigenvalue weighted by atomic mass is 32.2. The third-order valence-electron chi connectivity index (χ3n) is 8.67. The molecule has 1 saturated carbocycles. The molecule has 0 aromatic heterocycles. The molecule has 4 aliphatic rings. The molecule has 2 fully saturated rings. The van der Waals surface area contributed by atoms with Crippen LogP contribution in [0.1, 0.15) is 41.5 Å². The number of likely N-dealkylation sites (N-methyl/N-ethyl adjacent to an activating group) is 1.